The van der Waals surface area contributed by atoms with Crippen LogP contribution in [0.3, 0.4) is 0 Å². The first-order chi connectivity index (χ1) is 15.6. The molecular formula is C20H34N8O6. The number of aromatic nitrogens is 4. The first-order valence-corrected chi connectivity index (χ1v) is 10.5. The summed E-state index contributed by atoms with van der Waals surface area (Å²) < 4.78 is 13.2. The molecule has 34 heavy (non-hydrogen) atoms. The number of nitrogen functional groups attached to an aromatic ring is 1. The van der Waals surface area contributed by atoms with Crippen LogP contribution in [0.4, 0.5) is 21.0 Å². The Labute approximate surface area is 197 Å². The lowest BCUT2D eigenvalue weighted by Crippen LogP contribution is -2.34. The number of carbonyl (C=O) groups excluding carboxylic acids is 2. The maximum absolute atomic E-state index is 11.3. The summed E-state index contributed by atoms with van der Waals surface area (Å²) in [4.78, 5) is 32.4. The minimum Gasteiger partial charge on any atom is -0.444 e. The number of alkyl carbamates (subject to hydrolysis) is 2. The van der Waals surface area contributed by atoms with Crippen molar-refractivity contribution < 1.29 is 24.0 Å². The molecule has 2 aromatic heterocycles. The summed E-state index contributed by atoms with van der Waals surface area (Å²) in [6.45, 7) is 12.4. The van der Waals surface area contributed by atoms with Crippen LogP contribution in [0, 0.1) is 10.1 Å². The summed E-state index contributed by atoms with van der Waals surface area (Å²) in [6.07, 6.45) is 4.78. The first kappa shape index (κ1) is 28.2. The topological polar surface area (TPSA) is 181 Å². The van der Waals surface area contributed by atoms with Gasteiger partial charge in [0.2, 0.25) is 0 Å². The van der Waals surface area contributed by atoms with Gasteiger partial charge >= 0.3 is 17.9 Å². The Morgan fingerprint density at radius 3 is 1.74 bits per heavy atom. The highest BCUT2D eigenvalue weighted by atomic mass is 16.6. The van der Waals surface area contributed by atoms with E-state index >= 15 is 0 Å². The van der Waals surface area contributed by atoms with Gasteiger partial charge in [0.05, 0.1) is 29.9 Å². The van der Waals surface area contributed by atoms with E-state index in [1.54, 1.807) is 37.8 Å². The minimum absolute atomic E-state index is 0.0766. The van der Waals surface area contributed by atoms with Crippen LogP contribution in [0.25, 0.3) is 0 Å². The van der Waals surface area contributed by atoms with E-state index in [0.29, 0.717) is 25.3 Å². The van der Waals surface area contributed by atoms with Gasteiger partial charge in [0.15, 0.2) is 0 Å². The molecule has 0 aliphatic carbocycles. The van der Waals surface area contributed by atoms with Gasteiger partial charge in [-0.05, 0) is 41.5 Å². The molecule has 0 saturated carbocycles. The lowest BCUT2D eigenvalue weighted by molar-refractivity contribution is -0.385. The van der Waals surface area contributed by atoms with Gasteiger partial charge in [-0.15, -0.1) is 0 Å². The van der Waals surface area contributed by atoms with E-state index in [0.717, 1.165) is 6.20 Å². The van der Waals surface area contributed by atoms with Gasteiger partial charge in [-0.3, -0.25) is 19.5 Å². The third kappa shape index (κ3) is 12.9. The van der Waals surface area contributed by atoms with Gasteiger partial charge in [-0.25, -0.2) is 9.59 Å². The summed E-state index contributed by atoms with van der Waals surface area (Å²) in [5, 5.41) is 23.4. The fourth-order valence-corrected chi connectivity index (χ4v) is 2.24. The molecule has 0 fully saturated rings. The number of nitrogens with one attached hydrogen (secondary N) is 2. The Hall–Kier alpha value is -3.84. The number of ether oxygens (including phenoxy) is 2. The number of nitrogens with two attached hydrogens (primary N) is 1. The highest BCUT2D eigenvalue weighted by Crippen LogP contribution is 2.08. The monoisotopic (exact) mass is 482 g/mol. The van der Waals surface area contributed by atoms with E-state index in [2.05, 4.69) is 20.8 Å². The number of carbonyl (C=O) groups is 2. The van der Waals surface area contributed by atoms with Crippen molar-refractivity contribution in [3.8, 4) is 0 Å². The Bertz CT molecular complexity index is 942. The molecule has 0 saturated heterocycles. The fourth-order valence-electron chi connectivity index (χ4n) is 2.24. The first-order valence-electron chi connectivity index (χ1n) is 10.5. The van der Waals surface area contributed by atoms with Gasteiger partial charge in [-0.2, -0.15) is 10.2 Å². The van der Waals surface area contributed by atoms with Gasteiger partial charge in [0, 0.05) is 19.3 Å². The molecule has 0 unspecified atom stereocenters. The van der Waals surface area contributed by atoms with Crippen molar-refractivity contribution in [2.45, 2.75) is 65.8 Å². The normalized spacial score (nSPS) is 11.1. The molecular weight excluding hydrogens is 448 g/mol. The second-order valence-electron chi connectivity index (χ2n) is 9.11. The SMILES string of the molecule is CC(C)(C)OC(=O)NCCn1cc(N)cn1.CC(C)(C)OC(=O)NCCn1cc([N+](=O)[O-])cn1. The van der Waals surface area contributed by atoms with Crippen LogP contribution in [0.2, 0.25) is 0 Å². The molecule has 0 atom stereocenters. The van der Waals surface area contributed by atoms with Crippen LogP contribution in [-0.4, -0.2) is 61.0 Å². The molecule has 0 aliphatic heterocycles. The summed E-state index contributed by atoms with van der Waals surface area (Å²) in [7, 11) is 0. The highest BCUT2D eigenvalue weighted by molar-refractivity contribution is 5.67. The molecule has 14 nitrogen and oxygen atoms in total. The third-order valence-corrected chi connectivity index (χ3v) is 3.50. The smallest absolute Gasteiger partial charge is 0.407 e. The van der Waals surface area contributed by atoms with Gasteiger partial charge < -0.3 is 25.8 Å². The number of nitro groups is 1. The van der Waals surface area contributed by atoms with E-state index in [-0.39, 0.29) is 12.2 Å². The Morgan fingerprint density at radius 1 is 0.941 bits per heavy atom. The number of hydrogen-bond acceptors (Lipinski definition) is 9. The molecule has 4 N–H and O–H groups in total. The van der Waals surface area contributed by atoms with Crippen molar-refractivity contribution in [2.75, 3.05) is 18.8 Å². The van der Waals surface area contributed by atoms with Crippen LogP contribution in [0.15, 0.2) is 24.8 Å². The average molecular weight is 483 g/mol. The number of rotatable bonds is 7. The minimum atomic E-state index is -0.547. The predicted octanol–water partition coefficient (Wildman–Crippen LogP) is 2.31. The van der Waals surface area contributed by atoms with Crippen molar-refractivity contribution in [3.05, 3.63) is 34.9 Å². The van der Waals surface area contributed by atoms with E-state index in [9.17, 15) is 19.7 Å². The Morgan fingerprint density at radius 2 is 1.38 bits per heavy atom. The zero-order valence-corrected chi connectivity index (χ0v) is 20.4. The molecule has 2 amide bonds. The summed E-state index contributed by atoms with van der Waals surface area (Å²) >= 11 is 0. The van der Waals surface area contributed by atoms with Crippen molar-refractivity contribution in [3.63, 3.8) is 0 Å². The van der Waals surface area contributed by atoms with E-state index < -0.39 is 28.3 Å². The largest absolute Gasteiger partial charge is 0.444 e. The molecule has 0 aliphatic rings. The summed E-state index contributed by atoms with van der Waals surface area (Å²) in [6, 6.07) is 0. The molecule has 0 spiro atoms. The molecule has 0 bridgehead atoms. The van der Waals surface area contributed by atoms with Crippen molar-refractivity contribution in [1.82, 2.24) is 30.2 Å². The number of amides is 2. The molecule has 2 heterocycles. The van der Waals surface area contributed by atoms with Crippen molar-refractivity contribution in [2.24, 2.45) is 0 Å². The Balaban J connectivity index is 0.000000342. The lowest BCUT2D eigenvalue weighted by Gasteiger charge is -2.19. The van der Waals surface area contributed by atoms with Gasteiger partial charge in [0.1, 0.15) is 23.6 Å². The Kier molecular flexibility index (Phi) is 10.3. The zero-order valence-electron chi connectivity index (χ0n) is 20.4. The summed E-state index contributed by atoms with van der Waals surface area (Å²) in [5.41, 5.74) is 5.01. The van der Waals surface area contributed by atoms with Crippen LogP contribution < -0.4 is 16.4 Å². The van der Waals surface area contributed by atoms with Crippen LogP contribution in [0.5, 0.6) is 0 Å². The number of nitrogens with zero attached hydrogens (tertiary/aromatic N) is 5. The standard InChI is InChI=1S/C10H16N4O4.C10H18N4O2/c1-10(2,3)18-9(15)11-4-5-13-7-8(6-12-13)14(16)17;1-10(2,3)16-9(15)12-4-5-14-7-8(11)6-13-14/h6-7H,4-5H2,1-3H3,(H,11,15);6-7H,4-5,11H2,1-3H3,(H,12,15). The molecule has 0 aromatic carbocycles. The van der Waals surface area contributed by atoms with Crippen LogP contribution in [0.1, 0.15) is 41.5 Å². The maximum atomic E-state index is 11.3. The van der Waals surface area contributed by atoms with E-state index in [1.807, 2.05) is 20.8 Å². The second-order valence-corrected chi connectivity index (χ2v) is 9.11. The fraction of sp³-hybridized carbons (Fsp3) is 0.600. The maximum Gasteiger partial charge on any atom is 0.407 e. The summed E-state index contributed by atoms with van der Waals surface area (Å²) in [5.74, 6) is 0. The number of hydrogen-bond donors (Lipinski definition) is 3. The van der Waals surface area contributed by atoms with Crippen LogP contribution in [-0.2, 0) is 22.6 Å². The quantitative estimate of drug-likeness (QED) is 0.394. The van der Waals surface area contributed by atoms with Gasteiger partial charge in [-0.1, -0.05) is 0 Å². The number of anilines is 1. The molecule has 14 heteroatoms. The van der Waals surface area contributed by atoms with E-state index in [1.165, 1.54) is 10.9 Å². The van der Waals surface area contributed by atoms with Crippen molar-refractivity contribution >= 4 is 23.6 Å². The lowest BCUT2D eigenvalue weighted by atomic mass is 10.2. The van der Waals surface area contributed by atoms with Gasteiger partial charge in [0.25, 0.3) is 0 Å². The zero-order chi connectivity index (χ0) is 25.9. The molecule has 2 aromatic rings. The molecule has 190 valence electrons. The van der Waals surface area contributed by atoms with Crippen molar-refractivity contribution in [1.29, 1.82) is 0 Å². The average Bonchev–Trinajstić information content (AvgIpc) is 3.28. The predicted molar refractivity (Wildman–Crippen MR) is 124 cm³/mol. The molecule has 2 rings (SSSR count). The van der Waals surface area contributed by atoms with Crippen LogP contribution >= 0.6 is 0 Å². The highest BCUT2D eigenvalue weighted by Gasteiger charge is 2.16. The third-order valence-electron chi connectivity index (χ3n) is 3.50. The second kappa shape index (κ2) is 12.4. The van der Waals surface area contributed by atoms with E-state index in [4.69, 9.17) is 15.2 Å². The molecule has 0 radical (unpaired) electrons.